The van der Waals surface area contributed by atoms with Crippen molar-refractivity contribution in [2.75, 3.05) is 18.0 Å². The molecule has 8 heteroatoms. The highest BCUT2D eigenvalue weighted by Gasteiger charge is 2.35. The van der Waals surface area contributed by atoms with E-state index in [1.54, 1.807) is 11.0 Å². The standard InChI is InChI=1S/C11H13F3N4O/c12-11(13,14)7-17-9(19)8-3-1-6-18(8)10-15-4-2-5-16-10/h2,4-5,8H,1,3,6-7H2,(H,17,19). The predicted octanol–water partition coefficient (Wildman–Crippen LogP) is 1.12. The molecule has 1 fully saturated rings. The number of nitrogens with zero attached hydrogens (tertiary/aromatic N) is 3. The van der Waals surface area contributed by atoms with Gasteiger partial charge in [-0.25, -0.2) is 9.97 Å². The Bertz CT molecular complexity index is 437. The van der Waals surface area contributed by atoms with Crippen molar-refractivity contribution in [2.45, 2.75) is 25.1 Å². The van der Waals surface area contributed by atoms with Crippen molar-refractivity contribution in [3.63, 3.8) is 0 Å². The SMILES string of the molecule is O=C(NCC(F)(F)F)C1CCCN1c1ncccn1. The Morgan fingerprint density at radius 2 is 2.11 bits per heavy atom. The molecule has 1 aromatic rings. The summed E-state index contributed by atoms with van der Waals surface area (Å²) in [7, 11) is 0. The first kappa shape index (κ1) is 13.6. The van der Waals surface area contributed by atoms with E-state index in [0.717, 1.165) is 6.42 Å². The molecule has 0 bridgehead atoms. The summed E-state index contributed by atoms with van der Waals surface area (Å²) < 4.78 is 36.2. The van der Waals surface area contributed by atoms with Crippen molar-refractivity contribution in [1.82, 2.24) is 15.3 Å². The van der Waals surface area contributed by atoms with E-state index in [1.165, 1.54) is 12.4 Å². The van der Waals surface area contributed by atoms with Crippen LogP contribution in [0.15, 0.2) is 18.5 Å². The van der Waals surface area contributed by atoms with E-state index in [1.807, 2.05) is 5.32 Å². The van der Waals surface area contributed by atoms with Crippen molar-refractivity contribution in [3.8, 4) is 0 Å². The van der Waals surface area contributed by atoms with Crippen LogP contribution in [0.5, 0.6) is 0 Å². The average molecular weight is 274 g/mol. The van der Waals surface area contributed by atoms with Gasteiger partial charge in [-0.2, -0.15) is 13.2 Å². The van der Waals surface area contributed by atoms with Crippen LogP contribution in [0.4, 0.5) is 19.1 Å². The number of hydrogen-bond acceptors (Lipinski definition) is 4. The molecule has 1 N–H and O–H groups in total. The number of amides is 1. The average Bonchev–Trinajstić information content (AvgIpc) is 2.85. The van der Waals surface area contributed by atoms with E-state index in [2.05, 4.69) is 9.97 Å². The largest absolute Gasteiger partial charge is 0.405 e. The van der Waals surface area contributed by atoms with Gasteiger partial charge in [0.2, 0.25) is 11.9 Å². The summed E-state index contributed by atoms with van der Waals surface area (Å²) >= 11 is 0. The van der Waals surface area contributed by atoms with Crippen molar-refractivity contribution >= 4 is 11.9 Å². The fourth-order valence-corrected chi connectivity index (χ4v) is 2.02. The summed E-state index contributed by atoms with van der Waals surface area (Å²) in [5.41, 5.74) is 0. The normalized spacial score (nSPS) is 19.5. The molecule has 2 heterocycles. The minimum Gasteiger partial charge on any atom is -0.345 e. The van der Waals surface area contributed by atoms with Gasteiger partial charge in [0.25, 0.3) is 0 Å². The van der Waals surface area contributed by atoms with Gasteiger partial charge in [-0.05, 0) is 18.9 Å². The molecular formula is C11H13F3N4O. The molecule has 2 rings (SSSR count). The van der Waals surface area contributed by atoms with Crippen LogP contribution < -0.4 is 10.2 Å². The molecule has 0 aliphatic carbocycles. The highest BCUT2D eigenvalue weighted by atomic mass is 19.4. The number of carbonyl (C=O) groups is 1. The number of hydrogen-bond donors (Lipinski definition) is 1. The number of carbonyl (C=O) groups excluding carboxylic acids is 1. The Kier molecular flexibility index (Phi) is 3.87. The Balaban J connectivity index is 2.01. The summed E-state index contributed by atoms with van der Waals surface area (Å²) in [6.07, 6.45) is -0.108. The zero-order valence-electron chi connectivity index (χ0n) is 10.0. The molecular weight excluding hydrogens is 261 g/mol. The van der Waals surface area contributed by atoms with Crippen LogP contribution in [-0.4, -0.2) is 41.2 Å². The van der Waals surface area contributed by atoms with Gasteiger partial charge in [0.05, 0.1) is 0 Å². The number of anilines is 1. The van der Waals surface area contributed by atoms with Crippen LogP contribution in [0.1, 0.15) is 12.8 Å². The lowest BCUT2D eigenvalue weighted by molar-refractivity contribution is -0.139. The highest BCUT2D eigenvalue weighted by molar-refractivity contribution is 5.85. The molecule has 1 aromatic heterocycles. The van der Waals surface area contributed by atoms with Gasteiger partial charge in [0.1, 0.15) is 12.6 Å². The smallest absolute Gasteiger partial charge is 0.345 e. The molecule has 1 atom stereocenters. The molecule has 1 aliphatic heterocycles. The lowest BCUT2D eigenvalue weighted by atomic mass is 10.2. The van der Waals surface area contributed by atoms with E-state index in [0.29, 0.717) is 18.9 Å². The molecule has 0 aromatic carbocycles. The molecule has 104 valence electrons. The number of halogens is 3. The van der Waals surface area contributed by atoms with Crippen LogP contribution in [0.3, 0.4) is 0 Å². The minimum absolute atomic E-state index is 0.368. The Morgan fingerprint density at radius 3 is 2.74 bits per heavy atom. The van der Waals surface area contributed by atoms with Crippen LogP contribution in [-0.2, 0) is 4.79 Å². The number of aromatic nitrogens is 2. The van der Waals surface area contributed by atoms with Crippen molar-refractivity contribution in [1.29, 1.82) is 0 Å². The summed E-state index contributed by atoms with van der Waals surface area (Å²) in [5.74, 6) is -0.269. The fraction of sp³-hybridized carbons (Fsp3) is 0.545. The monoisotopic (exact) mass is 274 g/mol. The zero-order valence-corrected chi connectivity index (χ0v) is 10.0. The van der Waals surface area contributed by atoms with Gasteiger partial charge in [0.15, 0.2) is 0 Å². The molecule has 19 heavy (non-hydrogen) atoms. The lowest BCUT2D eigenvalue weighted by Gasteiger charge is -2.23. The summed E-state index contributed by atoms with van der Waals surface area (Å²) in [6.45, 7) is -0.750. The number of nitrogens with one attached hydrogen (secondary N) is 1. The molecule has 0 saturated carbocycles. The maximum Gasteiger partial charge on any atom is 0.405 e. The molecule has 1 amide bonds. The Morgan fingerprint density at radius 1 is 1.42 bits per heavy atom. The second-order valence-corrected chi connectivity index (χ2v) is 4.23. The van der Waals surface area contributed by atoms with Gasteiger partial charge in [-0.15, -0.1) is 0 Å². The first-order valence-corrected chi connectivity index (χ1v) is 5.85. The first-order chi connectivity index (χ1) is 8.97. The third-order valence-electron chi connectivity index (χ3n) is 2.83. The maximum absolute atomic E-state index is 12.1. The van der Waals surface area contributed by atoms with Crippen molar-refractivity contribution in [3.05, 3.63) is 18.5 Å². The molecule has 1 aliphatic rings. The second kappa shape index (κ2) is 5.41. The molecule has 0 radical (unpaired) electrons. The Hall–Kier alpha value is -1.86. The van der Waals surface area contributed by atoms with Crippen molar-refractivity contribution in [2.24, 2.45) is 0 Å². The van der Waals surface area contributed by atoms with E-state index < -0.39 is 24.7 Å². The minimum atomic E-state index is -4.40. The van der Waals surface area contributed by atoms with Gasteiger partial charge < -0.3 is 10.2 Å². The number of rotatable bonds is 3. The summed E-state index contributed by atoms with van der Waals surface area (Å²) in [4.78, 5) is 21.4. The van der Waals surface area contributed by atoms with Crippen LogP contribution in [0.25, 0.3) is 0 Å². The molecule has 5 nitrogen and oxygen atoms in total. The third kappa shape index (κ3) is 3.55. The lowest BCUT2D eigenvalue weighted by Crippen LogP contribution is -2.46. The van der Waals surface area contributed by atoms with E-state index >= 15 is 0 Å². The predicted molar refractivity (Wildman–Crippen MR) is 61.5 cm³/mol. The van der Waals surface area contributed by atoms with Gasteiger partial charge in [-0.1, -0.05) is 0 Å². The Labute approximate surface area is 107 Å². The fourth-order valence-electron chi connectivity index (χ4n) is 2.02. The van der Waals surface area contributed by atoms with Gasteiger partial charge >= 0.3 is 6.18 Å². The van der Waals surface area contributed by atoms with E-state index in [-0.39, 0.29) is 0 Å². The number of alkyl halides is 3. The molecule has 1 unspecified atom stereocenters. The van der Waals surface area contributed by atoms with Crippen molar-refractivity contribution < 1.29 is 18.0 Å². The third-order valence-corrected chi connectivity index (χ3v) is 2.83. The second-order valence-electron chi connectivity index (χ2n) is 4.23. The summed E-state index contributed by atoms with van der Waals surface area (Å²) in [6, 6.07) is 1.00. The zero-order chi connectivity index (χ0) is 13.9. The maximum atomic E-state index is 12.1. The van der Waals surface area contributed by atoms with Crippen LogP contribution in [0, 0.1) is 0 Å². The van der Waals surface area contributed by atoms with E-state index in [4.69, 9.17) is 0 Å². The molecule has 0 spiro atoms. The quantitative estimate of drug-likeness (QED) is 0.897. The van der Waals surface area contributed by atoms with Crippen LogP contribution >= 0.6 is 0 Å². The first-order valence-electron chi connectivity index (χ1n) is 5.85. The van der Waals surface area contributed by atoms with Crippen LogP contribution in [0.2, 0.25) is 0 Å². The molecule has 1 saturated heterocycles. The highest BCUT2D eigenvalue weighted by Crippen LogP contribution is 2.22. The van der Waals surface area contributed by atoms with Gasteiger partial charge in [-0.3, -0.25) is 4.79 Å². The topological polar surface area (TPSA) is 58.1 Å². The summed E-state index contributed by atoms with van der Waals surface area (Å²) in [5, 5.41) is 1.90. The van der Waals surface area contributed by atoms with Gasteiger partial charge in [0, 0.05) is 18.9 Å². The van der Waals surface area contributed by atoms with E-state index in [9.17, 15) is 18.0 Å².